The van der Waals surface area contributed by atoms with Gasteiger partial charge >= 0.3 is 0 Å². The van der Waals surface area contributed by atoms with Crippen molar-refractivity contribution in [3.8, 4) is 6.07 Å². The summed E-state index contributed by atoms with van der Waals surface area (Å²) in [5, 5.41) is 11.3. The molecule has 0 fully saturated rings. The van der Waals surface area contributed by atoms with E-state index in [2.05, 4.69) is 11.4 Å². The van der Waals surface area contributed by atoms with Gasteiger partial charge in [0, 0.05) is 6.54 Å². The largest absolute Gasteiger partial charge is 0.298 e. The number of nitriles is 1. The number of rotatable bonds is 0. The second kappa shape index (κ2) is 2.49. The third-order valence-corrected chi connectivity index (χ3v) is 1.14. The molecule has 1 atom stereocenters. The highest BCUT2D eigenvalue weighted by molar-refractivity contribution is 5.08. The third-order valence-electron chi connectivity index (χ3n) is 1.14. The normalized spacial score (nSPS) is 27.1. The van der Waals surface area contributed by atoms with Gasteiger partial charge in [-0.1, -0.05) is 12.2 Å². The summed E-state index contributed by atoms with van der Waals surface area (Å²) in [6.45, 7) is 0.939. The summed E-state index contributed by atoms with van der Waals surface area (Å²) in [5.74, 6) is 0. The average molecular weight is 108 g/mol. The van der Waals surface area contributed by atoms with E-state index in [-0.39, 0.29) is 6.04 Å². The van der Waals surface area contributed by atoms with Crippen molar-refractivity contribution < 1.29 is 0 Å². The molecular weight excluding hydrogens is 100 g/mol. The molecule has 0 radical (unpaired) electrons. The predicted molar refractivity (Wildman–Crippen MR) is 31.2 cm³/mol. The molecule has 2 heteroatoms. The second-order valence-corrected chi connectivity index (χ2v) is 1.78. The van der Waals surface area contributed by atoms with E-state index in [1.165, 1.54) is 0 Å². The van der Waals surface area contributed by atoms with E-state index >= 15 is 0 Å². The smallest absolute Gasteiger partial charge is 0.114 e. The molecule has 0 unspecified atom stereocenters. The van der Waals surface area contributed by atoms with E-state index in [1.54, 1.807) is 0 Å². The number of hydrogen-bond acceptors (Lipinski definition) is 2. The Balaban J connectivity index is 2.46. The Morgan fingerprint density at radius 2 is 2.62 bits per heavy atom. The molecule has 2 nitrogen and oxygen atoms in total. The summed E-state index contributed by atoms with van der Waals surface area (Å²) in [6.07, 6.45) is 4.98. The molecule has 8 heavy (non-hydrogen) atoms. The molecular formula is C6H8N2. The van der Waals surface area contributed by atoms with E-state index in [0.29, 0.717) is 0 Å². The molecule has 1 heterocycles. The summed E-state index contributed by atoms with van der Waals surface area (Å²) in [7, 11) is 0. The summed E-state index contributed by atoms with van der Waals surface area (Å²) in [5.41, 5.74) is 0. The maximum atomic E-state index is 8.33. The van der Waals surface area contributed by atoms with Gasteiger partial charge in [0.05, 0.1) is 6.07 Å². The van der Waals surface area contributed by atoms with Crippen LogP contribution in [0.5, 0.6) is 0 Å². The maximum absolute atomic E-state index is 8.33. The lowest BCUT2D eigenvalue weighted by atomic mass is 10.2. The topological polar surface area (TPSA) is 35.8 Å². The quantitative estimate of drug-likeness (QED) is 0.457. The molecule has 0 spiro atoms. The van der Waals surface area contributed by atoms with Crippen molar-refractivity contribution in [3.05, 3.63) is 12.2 Å². The minimum Gasteiger partial charge on any atom is -0.298 e. The van der Waals surface area contributed by atoms with Gasteiger partial charge in [0.2, 0.25) is 0 Å². The number of nitrogens with zero attached hydrogens (tertiary/aromatic N) is 1. The van der Waals surface area contributed by atoms with E-state index < -0.39 is 0 Å². The van der Waals surface area contributed by atoms with Crippen LogP contribution in [0.25, 0.3) is 0 Å². The Labute approximate surface area is 48.8 Å². The standard InChI is InChI=1S/C6H8N2/c7-5-6-3-1-2-4-8-6/h1,3,6,8H,2,4H2/t6-/m0/s1. The third kappa shape index (κ3) is 1.08. The Hall–Kier alpha value is -0.810. The van der Waals surface area contributed by atoms with Crippen molar-refractivity contribution in [3.63, 3.8) is 0 Å². The minimum atomic E-state index is -0.0382. The summed E-state index contributed by atoms with van der Waals surface area (Å²) in [6, 6.07) is 2.07. The van der Waals surface area contributed by atoms with Gasteiger partial charge in [0.15, 0.2) is 0 Å². The molecule has 1 N–H and O–H groups in total. The van der Waals surface area contributed by atoms with Crippen LogP contribution in [-0.2, 0) is 0 Å². The fraction of sp³-hybridized carbons (Fsp3) is 0.500. The molecule has 1 rings (SSSR count). The zero-order valence-electron chi connectivity index (χ0n) is 4.59. The van der Waals surface area contributed by atoms with Gasteiger partial charge in [-0.25, -0.2) is 0 Å². The molecule has 0 saturated heterocycles. The van der Waals surface area contributed by atoms with E-state index in [1.807, 2.05) is 12.2 Å². The first kappa shape index (κ1) is 5.33. The molecule has 0 aromatic carbocycles. The molecule has 1 aliphatic rings. The van der Waals surface area contributed by atoms with Gasteiger partial charge in [0.1, 0.15) is 6.04 Å². The number of hydrogen-bond donors (Lipinski definition) is 1. The van der Waals surface area contributed by atoms with Crippen molar-refractivity contribution in [2.45, 2.75) is 12.5 Å². The van der Waals surface area contributed by atoms with Gasteiger partial charge in [-0.05, 0) is 6.42 Å². The minimum absolute atomic E-state index is 0.0382. The second-order valence-electron chi connectivity index (χ2n) is 1.78. The van der Waals surface area contributed by atoms with Crippen molar-refractivity contribution in [2.24, 2.45) is 0 Å². The Morgan fingerprint density at radius 3 is 3.00 bits per heavy atom. The van der Waals surface area contributed by atoms with Gasteiger partial charge in [-0.2, -0.15) is 5.26 Å². The fourth-order valence-corrected chi connectivity index (χ4v) is 0.711. The highest BCUT2D eigenvalue weighted by Gasteiger charge is 2.02. The van der Waals surface area contributed by atoms with Crippen LogP contribution in [0, 0.1) is 11.3 Å². The van der Waals surface area contributed by atoms with Crippen LogP contribution in [0.2, 0.25) is 0 Å². The molecule has 0 amide bonds. The SMILES string of the molecule is N#C[C@@H]1C=CCCN1. The van der Waals surface area contributed by atoms with E-state index in [9.17, 15) is 0 Å². The van der Waals surface area contributed by atoms with Crippen LogP contribution in [0.1, 0.15) is 6.42 Å². The first-order chi connectivity index (χ1) is 3.93. The zero-order chi connectivity index (χ0) is 5.82. The maximum Gasteiger partial charge on any atom is 0.114 e. The Kier molecular flexibility index (Phi) is 1.66. The van der Waals surface area contributed by atoms with Crippen molar-refractivity contribution in [2.75, 3.05) is 6.54 Å². The monoisotopic (exact) mass is 108 g/mol. The van der Waals surface area contributed by atoms with Crippen LogP contribution in [0.3, 0.4) is 0 Å². The van der Waals surface area contributed by atoms with Gasteiger partial charge in [0.25, 0.3) is 0 Å². The molecule has 1 aliphatic heterocycles. The summed E-state index contributed by atoms with van der Waals surface area (Å²) < 4.78 is 0. The summed E-state index contributed by atoms with van der Waals surface area (Å²) in [4.78, 5) is 0. The highest BCUT2D eigenvalue weighted by atomic mass is 14.9. The molecule has 42 valence electrons. The van der Waals surface area contributed by atoms with Crippen molar-refractivity contribution in [1.29, 1.82) is 5.26 Å². The lowest BCUT2D eigenvalue weighted by Gasteiger charge is -2.09. The molecule has 0 saturated carbocycles. The van der Waals surface area contributed by atoms with Gasteiger partial charge < -0.3 is 0 Å². The lowest BCUT2D eigenvalue weighted by molar-refractivity contribution is 0.659. The molecule has 0 aliphatic carbocycles. The Morgan fingerprint density at radius 1 is 1.75 bits per heavy atom. The van der Waals surface area contributed by atoms with Crippen LogP contribution < -0.4 is 5.32 Å². The lowest BCUT2D eigenvalue weighted by Crippen LogP contribution is -2.28. The van der Waals surface area contributed by atoms with Crippen molar-refractivity contribution >= 4 is 0 Å². The fourth-order valence-electron chi connectivity index (χ4n) is 0.711. The molecule has 0 aromatic heterocycles. The van der Waals surface area contributed by atoms with Crippen LogP contribution in [-0.4, -0.2) is 12.6 Å². The average Bonchev–Trinajstić information content (AvgIpc) is 1.90. The molecule has 0 aromatic rings. The van der Waals surface area contributed by atoms with Crippen LogP contribution in [0.15, 0.2) is 12.2 Å². The van der Waals surface area contributed by atoms with Crippen LogP contribution in [0.4, 0.5) is 0 Å². The number of nitrogens with one attached hydrogen (secondary N) is 1. The highest BCUT2D eigenvalue weighted by Crippen LogP contribution is 1.93. The van der Waals surface area contributed by atoms with E-state index in [0.717, 1.165) is 13.0 Å². The Bertz CT molecular complexity index is 132. The first-order valence-electron chi connectivity index (χ1n) is 2.73. The summed E-state index contributed by atoms with van der Waals surface area (Å²) >= 11 is 0. The van der Waals surface area contributed by atoms with Gasteiger partial charge in [-0.3, -0.25) is 5.32 Å². The van der Waals surface area contributed by atoms with Crippen LogP contribution >= 0.6 is 0 Å². The molecule has 0 bridgehead atoms. The van der Waals surface area contributed by atoms with Crippen molar-refractivity contribution in [1.82, 2.24) is 5.32 Å². The first-order valence-corrected chi connectivity index (χ1v) is 2.73. The van der Waals surface area contributed by atoms with Gasteiger partial charge in [-0.15, -0.1) is 0 Å². The predicted octanol–water partition coefficient (Wildman–Crippen LogP) is 0.428. The zero-order valence-corrected chi connectivity index (χ0v) is 4.59. The van der Waals surface area contributed by atoms with E-state index in [4.69, 9.17) is 5.26 Å².